The maximum absolute atomic E-state index is 11.1. The lowest BCUT2D eigenvalue weighted by atomic mass is 10.1. The number of furan rings is 1. The molecule has 2 rings (SSSR count). The van der Waals surface area contributed by atoms with Crippen LogP contribution in [0.2, 0.25) is 0 Å². The summed E-state index contributed by atoms with van der Waals surface area (Å²) in [5.41, 5.74) is 1.65. The molecule has 2 heterocycles. The van der Waals surface area contributed by atoms with Crippen LogP contribution in [0.3, 0.4) is 0 Å². The van der Waals surface area contributed by atoms with Crippen LogP contribution in [-0.2, 0) is 6.54 Å². The van der Waals surface area contributed by atoms with Crippen molar-refractivity contribution in [2.24, 2.45) is 0 Å². The van der Waals surface area contributed by atoms with Crippen LogP contribution in [-0.4, -0.2) is 21.0 Å². The molecule has 0 saturated heterocycles. The number of carboxylic acids is 1. The zero-order chi connectivity index (χ0) is 14.7. The molecule has 0 aromatic carbocycles. The zero-order valence-electron chi connectivity index (χ0n) is 11.7. The first-order chi connectivity index (χ1) is 9.49. The third-order valence-corrected chi connectivity index (χ3v) is 3.15. The molecule has 0 radical (unpaired) electrons. The van der Waals surface area contributed by atoms with E-state index in [1.54, 1.807) is 0 Å². The Kier molecular flexibility index (Phi) is 4.14. The number of carbonyl (C=O) groups is 1. The summed E-state index contributed by atoms with van der Waals surface area (Å²) in [7, 11) is 0. The summed E-state index contributed by atoms with van der Waals surface area (Å²) in [4.78, 5) is 18.8. The molecule has 1 atom stereocenters. The number of aryl methyl sites for hydroxylation is 2. The quantitative estimate of drug-likeness (QED) is 0.870. The highest BCUT2D eigenvalue weighted by atomic mass is 16.4. The molecule has 0 saturated carbocycles. The van der Waals surface area contributed by atoms with Gasteiger partial charge in [-0.05, 0) is 26.8 Å². The van der Waals surface area contributed by atoms with Crippen molar-refractivity contribution in [2.45, 2.75) is 33.4 Å². The van der Waals surface area contributed by atoms with Crippen LogP contribution in [0, 0.1) is 13.8 Å². The summed E-state index contributed by atoms with van der Waals surface area (Å²) in [6, 6.07) is 2.02. The molecule has 0 spiro atoms. The highest BCUT2D eigenvalue weighted by Crippen LogP contribution is 2.21. The monoisotopic (exact) mass is 275 g/mol. The van der Waals surface area contributed by atoms with Crippen LogP contribution < -0.4 is 5.32 Å². The molecular formula is C14H17N3O3. The Balaban J connectivity index is 2.09. The van der Waals surface area contributed by atoms with Crippen LogP contribution >= 0.6 is 0 Å². The Labute approximate surface area is 116 Å². The summed E-state index contributed by atoms with van der Waals surface area (Å²) in [5, 5.41) is 12.3. The first-order valence-electron chi connectivity index (χ1n) is 6.31. The maximum Gasteiger partial charge on any atom is 0.339 e. The van der Waals surface area contributed by atoms with E-state index in [0.717, 1.165) is 17.1 Å². The van der Waals surface area contributed by atoms with Gasteiger partial charge in [0, 0.05) is 24.3 Å². The van der Waals surface area contributed by atoms with Crippen LogP contribution in [0.4, 0.5) is 0 Å². The lowest BCUT2D eigenvalue weighted by molar-refractivity contribution is 0.0694. The molecule has 2 aromatic heterocycles. The lowest BCUT2D eigenvalue weighted by Crippen LogP contribution is -2.21. The minimum absolute atomic E-state index is 0.0454. The Morgan fingerprint density at radius 1 is 1.50 bits per heavy atom. The molecular weight excluding hydrogens is 258 g/mol. The SMILES string of the molecule is Cc1cc(C(C)NCc2ncncc2C(=O)O)c(C)o1. The van der Waals surface area contributed by atoms with E-state index in [0.29, 0.717) is 12.2 Å². The van der Waals surface area contributed by atoms with Gasteiger partial charge in [-0.1, -0.05) is 0 Å². The van der Waals surface area contributed by atoms with Crippen molar-refractivity contribution in [2.75, 3.05) is 0 Å². The smallest absolute Gasteiger partial charge is 0.339 e. The van der Waals surface area contributed by atoms with E-state index >= 15 is 0 Å². The fourth-order valence-electron chi connectivity index (χ4n) is 2.11. The average molecular weight is 275 g/mol. The summed E-state index contributed by atoms with van der Waals surface area (Å²) >= 11 is 0. The second-order valence-electron chi connectivity index (χ2n) is 4.66. The molecule has 20 heavy (non-hydrogen) atoms. The van der Waals surface area contributed by atoms with Crippen molar-refractivity contribution < 1.29 is 14.3 Å². The van der Waals surface area contributed by atoms with Crippen molar-refractivity contribution in [1.82, 2.24) is 15.3 Å². The number of aromatic nitrogens is 2. The average Bonchev–Trinajstić information content (AvgIpc) is 2.75. The Morgan fingerprint density at radius 3 is 2.85 bits per heavy atom. The molecule has 2 aromatic rings. The van der Waals surface area contributed by atoms with Gasteiger partial charge < -0.3 is 14.8 Å². The van der Waals surface area contributed by atoms with E-state index in [-0.39, 0.29) is 11.6 Å². The first-order valence-corrected chi connectivity index (χ1v) is 6.31. The fraction of sp³-hybridized carbons (Fsp3) is 0.357. The van der Waals surface area contributed by atoms with Crippen LogP contribution in [0.15, 0.2) is 23.0 Å². The summed E-state index contributed by atoms with van der Waals surface area (Å²) in [6.45, 7) is 6.16. The molecule has 6 nitrogen and oxygen atoms in total. The molecule has 0 aliphatic heterocycles. The highest BCUT2D eigenvalue weighted by molar-refractivity contribution is 5.88. The molecule has 0 fully saturated rings. The zero-order valence-corrected chi connectivity index (χ0v) is 11.7. The van der Waals surface area contributed by atoms with Crippen molar-refractivity contribution in [3.8, 4) is 0 Å². The standard InChI is InChI=1S/C14H17N3O3/c1-8-4-11(10(3)20-8)9(2)16-6-13-12(14(18)19)5-15-7-17-13/h4-5,7,9,16H,6H2,1-3H3,(H,18,19). The lowest BCUT2D eigenvalue weighted by Gasteiger charge is -2.13. The Bertz CT molecular complexity index is 622. The van der Waals surface area contributed by atoms with E-state index in [4.69, 9.17) is 9.52 Å². The number of carboxylic acid groups (broad SMARTS) is 1. The normalized spacial score (nSPS) is 12.3. The summed E-state index contributed by atoms with van der Waals surface area (Å²) < 4.78 is 5.49. The number of aromatic carboxylic acids is 1. The van der Waals surface area contributed by atoms with Crippen LogP contribution in [0.5, 0.6) is 0 Å². The second kappa shape index (κ2) is 5.83. The van der Waals surface area contributed by atoms with E-state index in [1.165, 1.54) is 12.5 Å². The van der Waals surface area contributed by atoms with Gasteiger partial charge in [0.25, 0.3) is 0 Å². The number of hydrogen-bond donors (Lipinski definition) is 2. The minimum Gasteiger partial charge on any atom is -0.478 e. The highest BCUT2D eigenvalue weighted by Gasteiger charge is 2.15. The molecule has 0 amide bonds. The molecule has 0 aliphatic carbocycles. The van der Waals surface area contributed by atoms with E-state index in [9.17, 15) is 4.79 Å². The third-order valence-electron chi connectivity index (χ3n) is 3.15. The van der Waals surface area contributed by atoms with Gasteiger partial charge in [0.1, 0.15) is 23.4 Å². The van der Waals surface area contributed by atoms with E-state index < -0.39 is 5.97 Å². The van der Waals surface area contributed by atoms with Gasteiger partial charge in [0.15, 0.2) is 0 Å². The van der Waals surface area contributed by atoms with Gasteiger partial charge in [-0.25, -0.2) is 14.8 Å². The number of nitrogens with zero attached hydrogens (tertiary/aromatic N) is 2. The van der Waals surface area contributed by atoms with Gasteiger partial charge in [-0.15, -0.1) is 0 Å². The van der Waals surface area contributed by atoms with Gasteiger partial charge >= 0.3 is 5.97 Å². The van der Waals surface area contributed by atoms with E-state index in [2.05, 4.69) is 15.3 Å². The molecule has 2 N–H and O–H groups in total. The second-order valence-corrected chi connectivity index (χ2v) is 4.66. The Hall–Kier alpha value is -2.21. The van der Waals surface area contributed by atoms with Crippen molar-refractivity contribution in [3.05, 3.63) is 46.9 Å². The Morgan fingerprint density at radius 2 is 2.25 bits per heavy atom. The number of hydrogen-bond acceptors (Lipinski definition) is 5. The van der Waals surface area contributed by atoms with Crippen LogP contribution in [0.1, 0.15) is 46.1 Å². The van der Waals surface area contributed by atoms with Crippen molar-refractivity contribution >= 4 is 5.97 Å². The largest absolute Gasteiger partial charge is 0.478 e. The molecule has 0 aliphatic rings. The van der Waals surface area contributed by atoms with Crippen molar-refractivity contribution in [3.63, 3.8) is 0 Å². The molecule has 1 unspecified atom stereocenters. The summed E-state index contributed by atoms with van der Waals surface area (Å²) in [5.74, 6) is 0.702. The topological polar surface area (TPSA) is 88.2 Å². The van der Waals surface area contributed by atoms with Gasteiger partial charge in [-0.3, -0.25) is 0 Å². The first kappa shape index (κ1) is 14.2. The molecule has 0 bridgehead atoms. The van der Waals surface area contributed by atoms with Gasteiger partial charge in [0.2, 0.25) is 0 Å². The van der Waals surface area contributed by atoms with E-state index in [1.807, 2.05) is 26.8 Å². The molecule has 6 heteroatoms. The molecule has 106 valence electrons. The number of rotatable bonds is 5. The maximum atomic E-state index is 11.1. The predicted molar refractivity (Wildman–Crippen MR) is 72.4 cm³/mol. The summed E-state index contributed by atoms with van der Waals surface area (Å²) in [6.07, 6.45) is 2.66. The van der Waals surface area contributed by atoms with Crippen molar-refractivity contribution in [1.29, 1.82) is 0 Å². The van der Waals surface area contributed by atoms with Gasteiger partial charge in [-0.2, -0.15) is 0 Å². The fourth-order valence-corrected chi connectivity index (χ4v) is 2.11. The minimum atomic E-state index is -1.02. The predicted octanol–water partition coefficient (Wildman–Crippen LogP) is 2.24. The third kappa shape index (κ3) is 3.03. The van der Waals surface area contributed by atoms with Crippen LogP contribution in [0.25, 0.3) is 0 Å². The number of nitrogens with one attached hydrogen (secondary N) is 1. The van der Waals surface area contributed by atoms with Gasteiger partial charge in [0.05, 0.1) is 5.69 Å².